The van der Waals surface area contributed by atoms with E-state index in [4.69, 9.17) is 0 Å². The number of hydrogen-bond acceptors (Lipinski definition) is 0. The fourth-order valence-electron chi connectivity index (χ4n) is 2.00. The zero-order chi connectivity index (χ0) is 15.8. The van der Waals surface area contributed by atoms with Crippen molar-refractivity contribution in [2.45, 2.75) is 13.8 Å². The molecule has 3 aromatic carbocycles. The molecule has 0 fully saturated rings. The molecule has 0 bridgehead atoms. The van der Waals surface area contributed by atoms with Gasteiger partial charge >= 0.3 is 41.3 Å². The number of hydrogen-bond donors (Lipinski definition) is 1. The molecule has 0 radical (unpaired) electrons. The average molecular weight is 436 g/mol. The van der Waals surface area contributed by atoms with E-state index in [-0.39, 0.29) is 24.8 Å². The van der Waals surface area contributed by atoms with E-state index in [0.29, 0.717) is 0 Å². The molecular weight excluding hydrogens is 416 g/mol. The second-order valence-electron chi connectivity index (χ2n) is 5.16. The Kier molecular flexibility index (Phi) is 11.8. The second kappa shape index (κ2) is 12.3. The van der Waals surface area contributed by atoms with Crippen molar-refractivity contribution in [1.82, 2.24) is 4.98 Å². The minimum absolute atomic E-state index is 0. The molecule has 0 unspecified atom stereocenters. The van der Waals surface area contributed by atoms with Gasteiger partial charge in [0.25, 0.3) is 0 Å². The third kappa shape index (κ3) is 7.66. The topological polar surface area (TPSA) is 15.8 Å². The van der Waals surface area contributed by atoms with E-state index in [1.54, 1.807) is 24.2 Å². The zero-order valence-corrected chi connectivity index (χ0v) is 17.7. The number of halogens is 2. The maximum absolute atomic E-state index is 2.99. The predicted molar refractivity (Wildman–Crippen MR) is 93.0 cm³/mol. The van der Waals surface area contributed by atoms with Gasteiger partial charge in [-0.3, -0.25) is 0 Å². The van der Waals surface area contributed by atoms with Crippen LogP contribution in [0, 0.1) is 6.20 Å². The van der Waals surface area contributed by atoms with Gasteiger partial charge in [-0.25, -0.2) is 0 Å². The molecule has 0 saturated heterocycles. The summed E-state index contributed by atoms with van der Waals surface area (Å²) in [6.07, 6.45) is 2.91. The quantitative estimate of drug-likeness (QED) is 0.351. The van der Waals surface area contributed by atoms with E-state index in [2.05, 4.69) is 73.6 Å². The fourth-order valence-corrected chi connectivity index (χ4v) is 2.00. The number of aromatic nitrogens is 1. The van der Waals surface area contributed by atoms with Gasteiger partial charge in [-0.05, 0) is 0 Å². The zero-order valence-electron chi connectivity index (χ0n) is 13.7. The molecule has 0 saturated carbocycles. The second-order valence-corrected chi connectivity index (χ2v) is 7.61. The van der Waals surface area contributed by atoms with Crippen molar-refractivity contribution in [2.24, 2.45) is 0 Å². The van der Waals surface area contributed by atoms with Crippen LogP contribution < -0.4 is 24.8 Å². The average Bonchev–Trinajstić information content (AvgIpc) is 3.16. The van der Waals surface area contributed by atoms with Gasteiger partial charge in [-0.15, -0.1) is 53.5 Å². The summed E-state index contributed by atoms with van der Waals surface area (Å²) in [4.78, 5) is 2.99. The number of H-pyrrole nitrogens is 1. The number of benzene rings is 2. The molecule has 1 N–H and O–H groups in total. The van der Waals surface area contributed by atoms with Crippen LogP contribution >= 0.6 is 0 Å². The van der Waals surface area contributed by atoms with Crippen LogP contribution in [0.25, 0.3) is 21.7 Å². The Bertz CT molecular complexity index is 718. The van der Waals surface area contributed by atoms with Crippen LogP contribution in [0.15, 0.2) is 72.8 Å². The largest absolute Gasteiger partial charge is 1.00 e. The monoisotopic (exact) mass is 433 g/mol. The smallest absolute Gasteiger partial charge is 0.0745 e. The van der Waals surface area contributed by atoms with Crippen molar-refractivity contribution in [3.8, 4) is 0 Å². The molecule has 0 amide bonds. The summed E-state index contributed by atoms with van der Waals surface area (Å²) in [7, 11) is 0. The number of para-hydroxylation sites is 1. The predicted octanol–water partition coefficient (Wildman–Crippen LogP) is -0.720. The van der Waals surface area contributed by atoms with Gasteiger partial charge in [-0.1, -0.05) is 18.2 Å². The van der Waals surface area contributed by atoms with Crippen molar-refractivity contribution < 1.29 is 49.0 Å². The summed E-state index contributed by atoms with van der Waals surface area (Å²) in [5.41, 5.74) is 1.15. The SMILES string of the molecule is C[C](C)=[Zr+2].[Cl-].[Cl-].[c-]1cc2ccccc2[nH]1.c1ccc2[cH-]ccc2c1. The molecule has 4 rings (SSSR count). The van der Waals surface area contributed by atoms with Gasteiger partial charge in [0.1, 0.15) is 0 Å². The third-order valence-corrected chi connectivity index (χ3v) is 2.94. The van der Waals surface area contributed by atoms with E-state index < -0.39 is 0 Å². The molecule has 24 heavy (non-hydrogen) atoms. The van der Waals surface area contributed by atoms with Gasteiger partial charge < -0.3 is 29.8 Å². The minimum atomic E-state index is 0. The van der Waals surface area contributed by atoms with Crippen LogP contribution in [0.1, 0.15) is 13.8 Å². The van der Waals surface area contributed by atoms with Crippen LogP contribution in [0.2, 0.25) is 0 Å². The first-order valence-corrected chi connectivity index (χ1v) is 8.46. The van der Waals surface area contributed by atoms with Crippen molar-refractivity contribution >= 4 is 24.9 Å². The fraction of sp³-hybridized carbons (Fsp3) is 0.100. The normalized spacial score (nSPS) is 8.83. The Labute approximate surface area is 171 Å². The molecule has 0 aliphatic rings. The molecule has 0 spiro atoms. The first-order valence-electron chi connectivity index (χ1n) is 7.23. The minimum Gasteiger partial charge on any atom is -1.00 e. The number of nitrogens with one attached hydrogen (secondary N) is 1. The number of rotatable bonds is 0. The third-order valence-electron chi connectivity index (χ3n) is 2.94. The molecule has 1 nitrogen and oxygen atoms in total. The molecule has 4 heteroatoms. The maximum Gasteiger partial charge on any atom is -0.0745 e. The van der Waals surface area contributed by atoms with Crippen molar-refractivity contribution in [2.75, 3.05) is 0 Å². The summed E-state index contributed by atoms with van der Waals surface area (Å²) in [5.74, 6) is 0. The van der Waals surface area contributed by atoms with Crippen LogP contribution in [-0.2, 0) is 24.2 Å². The molecule has 4 aromatic rings. The Hall–Kier alpha value is -1.08. The molecular formula is C20H19Cl2NZr-2. The van der Waals surface area contributed by atoms with Crippen molar-refractivity contribution in [3.63, 3.8) is 0 Å². The summed E-state index contributed by atoms with van der Waals surface area (Å²) in [5, 5.41) is 3.88. The Morgan fingerprint density at radius 3 is 2.12 bits per heavy atom. The Balaban J connectivity index is 0.000000341. The van der Waals surface area contributed by atoms with Crippen LogP contribution in [0.5, 0.6) is 0 Å². The van der Waals surface area contributed by atoms with Crippen LogP contribution in [-0.4, -0.2) is 8.19 Å². The number of fused-ring (bicyclic) bond motifs is 2. The van der Waals surface area contributed by atoms with Crippen LogP contribution in [0.4, 0.5) is 0 Å². The van der Waals surface area contributed by atoms with Gasteiger partial charge in [0.15, 0.2) is 0 Å². The van der Waals surface area contributed by atoms with E-state index in [1.165, 1.54) is 19.4 Å². The van der Waals surface area contributed by atoms with Gasteiger partial charge in [0.05, 0.1) is 0 Å². The maximum atomic E-state index is 2.99. The summed E-state index contributed by atoms with van der Waals surface area (Å²) in [6, 6.07) is 24.7. The first kappa shape index (κ1) is 22.9. The van der Waals surface area contributed by atoms with E-state index in [0.717, 1.165) is 5.52 Å². The molecule has 124 valence electrons. The van der Waals surface area contributed by atoms with Gasteiger partial charge in [-0.2, -0.15) is 29.0 Å². The van der Waals surface area contributed by atoms with E-state index in [9.17, 15) is 0 Å². The van der Waals surface area contributed by atoms with Crippen molar-refractivity contribution in [1.29, 1.82) is 0 Å². The Morgan fingerprint density at radius 1 is 0.917 bits per heavy atom. The van der Waals surface area contributed by atoms with Gasteiger partial charge in [0, 0.05) is 0 Å². The number of aromatic amines is 1. The van der Waals surface area contributed by atoms with Gasteiger partial charge in [0.2, 0.25) is 0 Å². The summed E-state index contributed by atoms with van der Waals surface area (Å²) < 4.78 is 1.51. The van der Waals surface area contributed by atoms with E-state index in [1.807, 2.05) is 24.3 Å². The molecule has 1 heterocycles. The Morgan fingerprint density at radius 2 is 1.50 bits per heavy atom. The van der Waals surface area contributed by atoms with E-state index >= 15 is 0 Å². The molecule has 0 aliphatic carbocycles. The summed E-state index contributed by atoms with van der Waals surface area (Å²) in [6.45, 7) is 4.25. The van der Waals surface area contributed by atoms with Crippen molar-refractivity contribution in [3.05, 3.63) is 79.0 Å². The molecule has 0 atom stereocenters. The molecule has 1 aromatic heterocycles. The standard InChI is InChI=1S/C9H7.C8H6N.C3H6.2ClH.Zr/c1-2-5-9-7-3-6-8(9)4-1;1-2-4-8-7(3-1)5-6-9-8;1-3-2;;;/h1-7H;1-5,9H;1-2H3;2*1H;/q2*-1;;;;+2/p-2. The summed E-state index contributed by atoms with van der Waals surface area (Å²) >= 11 is 1.55. The van der Waals surface area contributed by atoms with Crippen LogP contribution in [0.3, 0.4) is 0 Å². The molecule has 0 aliphatic heterocycles. The first-order chi connectivity index (χ1) is 10.7.